The zero-order chi connectivity index (χ0) is 24.8. The summed E-state index contributed by atoms with van der Waals surface area (Å²) in [5.41, 5.74) is 0.763. The van der Waals surface area contributed by atoms with Crippen LogP contribution in [0.4, 0.5) is 28.0 Å². The van der Waals surface area contributed by atoms with Crippen molar-refractivity contribution in [3.05, 3.63) is 101 Å². The van der Waals surface area contributed by atoms with E-state index < -0.39 is 23.6 Å². The van der Waals surface area contributed by atoms with Crippen molar-refractivity contribution in [2.75, 3.05) is 18.4 Å². The number of urea groups is 1. The van der Waals surface area contributed by atoms with Gasteiger partial charge in [-0.25, -0.2) is 9.18 Å². The van der Waals surface area contributed by atoms with Gasteiger partial charge < -0.3 is 10.2 Å². The van der Waals surface area contributed by atoms with E-state index in [0.717, 1.165) is 50.2 Å². The summed E-state index contributed by atoms with van der Waals surface area (Å²) in [6, 6.07) is 21.0. The number of anilines is 1. The lowest BCUT2D eigenvalue weighted by Gasteiger charge is -2.38. The van der Waals surface area contributed by atoms with E-state index in [1.54, 1.807) is 4.90 Å². The third-order valence-electron chi connectivity index (χ3n) is 6.18. The van der Waals surface area contributed by atoms with Crippen molar-refractivity contribution in [1.82, 2.24) is 9.80 Å². The van der Waals surface area contributed by atoms with Crippen LogP contribution in [0.15, 0.2) is 78.9 Å². The Labute approximate surface area is 202 Å². The van der Waals surface area contributed by atoms with Gasteiger partial charge in [0.2, 0.25) is 0 Å². The standard InChI is InChI=1S/C27H27F4N3O/c28-23-15-22(27(29,30)31)16-24(17-23)32-26(35)34(19-21-9-5-2-6-10-21)25-11-13-33(14-12-25)18-20-7-3-1-4-8-20/h1-10,15-17,25H,11-14,18-19H2,(H,32,35). The first-order valence-electron chi connectivity index (χ1n) is 11.5. The van der Waals surface area contributed by atoms with Crippen LogP contribution < -0.4 is 5.32 Å². The number of alkyl halides is 3. The highest BCUT2D eigenvalue weighted by atomic mass is 19.4. The summed E-state index contributed by atoms with van der Waals surface area (Å²) in [5, 5.41) is 2.50. The van der Waals surface area contributed by atoms with Crippen LogP contribution in [0.3, 0.4) is 0 Å². The van der Waals surface area contributed by atoms with Crippen molar-refractivity contribution in [3.8, 4) is 0 Å². The predicted molar refractivity (Wildman–Crippen MR) is 127 cm³/mol. The maximum absolute atomic E-state index is 13.9. The minimum atomic E-state index is -4.71. The van der Waals surface area contributed by atoms with Gasteiger partial charge in [0.1, 0.15) is 5.82 Å². The van der Waals surface area contributed by atoms with E-state index in [4.69, 9.17) is 0 Å². The van der Waals surface area contributed by atoms with Gasteiger partial charge in [-0.2, -0.15) is 13.2 Å². The molecule has 1 saturated heterocycles. The molecular weight excluding hydrogens is 458 g/mol. The van der Waals surface area contributed by atoms with Crippen molar-refractivity contribution >= 4 is 11.7 Å². The molecule has 0 radical (unpaired) electrons. The first-order chi connectivity index (χ1) is 16.8. The number of carbonyl (C=O) groups excluding carboxylic acids is 1. The molecule has 0 aliphatic carbocycles. The molecule has 0 atom stereocenters. The maximum atomic E-state index is 13.9. The topological polar surface area (TPSA) is 35.6 Å². The number of nitrogens with zero attached hydrogens (tertiary/aromatic N) is 2. The van der Waals surface area contributed by atoms with Crippen molar-refractivity contribution in [2.45, 2.75) is 38.1 Å². The number of piperidine rings is 1. The Balaban J connectivity index is 1.48. The Morgan fingerprint density at radius 2 is 1.51 bits per heavy atom. The molecule has 4 nitrogen and oxygen atoms in total. The summed E-state index contributed by atoms with van der Waals surface area (Å²) in [6.07, 6.45) is -3.26. The van der Waals surface area contributed by atoms with Gasteiger partial charge in [-0.15, -0.1) is 0 Å². The van der Waals surface area contributed by atoms with Crippen LogP contribution >= 0.6 is 0 Å². The second-order valence-electron chi connectivity index (χ2n) is 8.76. The summed E-state index contributed by atoms with van der Waals surface area (Å²) >= 11 is 0. The number of rotatable bonds is 6. The highest BCUT2D eigenvalue weighted by molar-refractivity contribution is 5.89. The first kappa shape index (κ1) is 24.7. The van der Waals surface area contributed by atoms with Gasteiger partial charge in [0, 0.05) is 37.9 Å². The van der Waals surface area contributed by atoms with Gasteiger partial charge in [-0.05, 0) is 42.2 Å². The highest BCUT2D eigenvalue weighted by Crippen LogP contribution is 2.32. The summed E-state index contributed by atoms with van der Waals surface area (Å²) in [5.74, 6) is -1.06. The monoisotopic (exact) mass is 485 g/mol. The van der Waals surface area contributed by atoms with Crippen LogP contribution in [0.1, 0.15) is 29.5 Å². The van der Waals surface area contributed by atoms with Crippen molar-refractivity contribution < 1.29 is 22.4 Å². The molecule has 0 bridgehead atoms. The Morgan fingerprint density at radius 3 is 2.11 bits per heavy atom. The molecule has 1 aliphatic rings. The van der Waals surface area contributed by atoms with Crippen LogP contribution in [0, 0.1) is 5.82 Å². The van der Waals surface area contributed by atoms with E-state index in [0.29, 0.717) is 12.6 Å². The fourth-order valence-corrected chi connectivity index (χ4v) is 4.40. The van der Waals surface area contributed by atoms with Crippen molar-refractivity contribution in [1.29, 1.82) is 0 Å². The summed E-state index contributed by atoms with van der Waals surface area (Å²) in [4.78, 5) is 17.2. The van der Waals surface area contributed by atoms with Gasteiger partial charge in [0.15, 0.2) is 0 Å². The fraction of sp³-hybridized carbons (Fsp3) is 0.296. The molecule has 0 unspecified atom stereocenters. The SMILES string of the molecule is O=C(Nc1cc(F)cc(C(F)(F)F)c1)N(Cc1ccccc1)C1CCN(Cc2ccccc2)CC1. The summed E-state index contributed by atoms with van der Waals surface area (Å²) in [7, 11) is 0. The summed E-state index contributed by atoms with van der Waals surface area (Å²) in [6.45, 7) is 2.70. The molecular formula is C27H27F4N3O. The normalized spacial score (nSPS) is 15.1. The maximum Gasteiger partial charge on any atom is 0.416 e. The molecule has 1 N–H and O–H groups in total. The molecule has 0 aromatic heterocycles. The molecule has 4 rings (SSSR count). The quantitative estimate of drug-likeness (QED) is 0.402. The molecule has 1 heterocycles. The number of carbonyl (C=O) groups is 1. The van der Waals surface area contributed by atoms with Gasteiger partial charge in [-0.1, -0.05) is 60.7 Å². The second-order valence-corrected chi connectivity index (χ2v) is 8.76. The molecule has 35 heavy (non-hydrogen) atoms. The molecule has 8 heteroatoms. The molecule has 0 spiro atoms. The van der Waals surface area contributed by atoms with Gasteiger partial charge in [-0.3, -0.25) is 4.90 Å². The largest absolute Gasteiger partial charge is 0.416 e. The lowest BCUT2D eigenvalue weighted by atomic mass is 10.0. The van der Waals surface area contributed by atoms with Crippen LogP contribution in [-0.2, 0) is 19.3 Å². The second kappa shape index (κ2) is 10.9. The number of benzene rings is 3. The van der Waals surface area contributed by atoms with E-state index in [1.165, 1.54) is 5.56 Å². The predicted octanol–water partition coefficient (Wildman–Crippen LogP) is 6.54. The number of nitrogens with one attached hydrogen (secondary N) is 1. The van der Waals surface area contributed by atoms with Crippen LogP contribution in [0.25, 0.3) is 0 Å². The number of hydrogen-bond donors (Lipinski definition) is 1. The molecule has 3 aromatic rings. The number of amides is 2. The average Bonchev–Trinajstić information content (AvgIpc) is 2.83. The zero-order valence-electron chi connectivity index (χ0n) is 19.1. The van der Waals surface area contributed by atoms with E-state index >= 15 is 0 Å². The zero-order valence-corrected chi connectivity index (χ0v) is 19.1. The van der Waals surface area contributed by atoms with Gasteiger partial charge >= 0.3 is 12.2 Å². The fourth-order valence-electron chi connectivity index (χ4n) is 4.40. The van der Waals surface area contributed by atoms with E-state index in [1.807, 2.05) is 48.5 Å². The smallest absolute Gasteiger partial charge is 0.317 e. The Morgan fingerprint density at radius 1 is 0.914 bits per heavy atom. The number of likely N-dealkylation sites (tertiary alicyclic amines) is 1. The van der Waals surface area contributed by atoms with Crippen molar-refractivity contribution in [2.24, 2.45) is 0 Å². The van der Waals surface area contributed by atoms with Crippen LogP contribution in [-0.4, -0.2) is 35.0 Å². The minimum Gasteiger partial charge on any atom is -0.317 e. The van der Waals surface area contributed by atoms with Crippen LogP contribution in [0.5, 0.6) is 0 Å². The minimum absolute atomic E-state index is 0.0992. The molecule has 2 amide bonds. The lowest BCUT2D eigenvalue weighted by molar-refractivity contribution is -0.137. The molecule has 184 valence electrons. The first-order valence-corrected chi connectivity index (χ1v) is 11.5. The lowest BCUT2D eigenvalue weighted by Crippen LogP contribution is -2.48. The number of halogens is 4. The van der Waals surface area contributed by atoms with Gasteiger partial charge in [0.05, 0.1) is 5.56 Å². The molecule has 0 saturated carbocycles. The van der Waals surface area contributed by atoms with Gasteiger partial charge in [0.25, 0.3) is 0 Å². The highest BCUT2D eigenvalue weighted by Gasteiger charge is 2.32. The molecule has 1 fully saturated rings. The summed E-state index contributed by atoms with van der Waals surface area (Å²) < 4.78 is 53.2. The van der Waals surface area contributed by atoms with Crippen molar-refractivity contribution in [3.63, 3.8) is 0 Å². The third kappa shape index (κ3) is 6.82. The Bertz CT molecular complexity index is 1110. The molecule has 3 aromatic carbocycles. The van der Waals surface area contributed by atoms with Crippen LogP contribution in [0.2, 0.25) is 0 Å². The van der Waals surface area contributed by atoms with E-state index in [9.17, 15) is 22.4 Å². The Kier molecular flexibility index (Phi) is 7.70. The van der Waals surface area contributed by atoms with E-state index in [-0.39, 0.29) is 11.7 Å². The third-order valence-corrected chi connectivity index (χ3v) is 6.18. The Hall–Kier alpha value is -3.39. The average molecular weight is 486 g/mol. The number of hydrogen-bond acceptors (Lipinski definition) is 2. The molecule has 1 aliphatic heterocycles. The van der Waals surface area contributed by atoms with E-state index in [2.05, 4.69) is 22.3 Å².